The van der Waals surface area contributed by atoms with Crippen molar-refractivity contribution < 1.29 is 4.79 Å². The first-order valence-electron chi connectivity index (χ1n) is 15.7. The number of amides is 1. The second-order valence-corrected chi connectivity index (χ2v) is 12.6. The van der Waals surface area contributed by atoms with Crippen molar-refractivity contribution in [1.29, 1.82) is 0 Å². The van der Waals surface area contributed by atoms with E-state index in [1.807, 2.05) is 0 Å². The summed E-state index contributed by atoms with van der Waals surface area (Å²) in [6, 6.07) is 33.1. The van der Waals surface area contributed by atoms with Gasteiger partial charge in [0.2, 0.25) is 5.91 Å². The molecule has 3 aliphatic rings. The molecule has 6 rings (SSSR count). The second-order valence-electron chi connectivity index (χ2n) is 12.6. The molecule has 1 saturated carbocycles. The first-order chi connectivity index (χ1) is 20.1. The number of rotatable bonds is 9. The molecule has 232 valence electrons. The van der Waals surface area contributed by atoms with Crippen LogP contribution in [0.2, 0.25) is 0 Å². The Balaban J connectivity index is 0.00000212. The third kappa shape index (κ3) is 7.57. The monoisotopic (exact) mass is 622 g/mol. The quantitative estimate of drug-likeness (QED) is 0.286. The zero-order chi connectivity index (χ0) is 28.1. The molecule has 7 heteroatoms. The summed E-state index contributed by atoms with van der Waals surface area (Å²) in [4.78, 5) is 21.0. The lowest BCUT2D eigenvalue weighted by atomic mass is 9.73. The van der Waals surface area contributed by atoms with E-state index in [-0.39, 0.29) is 30.7 Å². The number of carbonyl (C=O) groups is 1. The second kappa shape index (κ2) is 15.4. The van der Waals surface area contributed by atoms with Crippen LogP contribution >= 0.6 is 24.8 Å². The van der Waals surface area contributed by atoms with Crippen LogP contribution in [0.15, 0.2) is 91.0 Å². The lowest BCUT2D eigenvalue weighted by molar-refractivity contribution is -0.125. The number of aryl methyl sites for hydroxylation is 1. The average molecular weight is 624 g/mol. The van der Waals surface area contributed by atoms with E-state index >= 15 is 0 Å². The summed E-state index contributed by atoms with van der Waals surface area (Å²) < 4.78 is 0. The lowest BCUT2D eigenvalue weighted by Gasteiger charge is -2.49. The van der Waals surface area contributed by atoms with E-state index in [1.54, 1.807) is 0 Å². The van der Waals surface area contributed by atoms with E-state index in [0.717, 1.165) is 51.1 Å². The minimum absolute atomic E-state index is 0. The summed E-state index contributed by atoms with van der Waals surface area (Å²) in [5.74, 6) is 1.49. The molecule has 1 amide bonds. The number of para-hydroxylation sites is 1. The normalized spacial score (nSPS) is 23.4. The van der Waals surface area contributed by atoms with Crippen molar-refractivity contribution in [3.05, 3.63) is 102 Å². The first-order valence-corrected chi connectivity index (χ1v) is 15.7. The summed E-state index contributed by atoms with van der Waals surface area (Å²) >= 11 is 0. The Bertz CT molecular complexity index is 1250. The maximum atomic E-state index is 13.3. The van der Waals surface area contributed by atoms with E-state index in [9.17, 15) is 4.79 Å². The van der Waals surface area contributed by atoms with E-state index in [1.165, 1.54) is 36.8 Å². The highest BCUT2D eigenvalue weighted by atomic mass is 35.5. The van der Waals surface area contributed by atoms with Gasteiger partial charge in [0.15, 0.2) is 0 Å². The van der Waals surface area contributed by atoms with Gasteiger partial charge < -0.3 is 15.1 Å². The number of nitrogens with one attached hydrogen (secondary N) is 1. The smallest absolute Gasteiger partial charge is 0.247 e. The van der Waals surface area contributed by atoms with Crippen LogP contribution < -0.4 is 10.2 Å². The largest absolute Gasteiger partial charge is 0.339 e. The summed E-state index contributed by atoms with van der Waals surface area (Å²) in [5.41, 5.74) is 3.65. The predicted molar refractivity (Wildman–Crippen MR) is 183 cm³/mol. The fraction of sp³-hybridized carbons (Fsp3) is 0.472. The molecule has 0 bridgehead atoms. The number of halogens is 2. The van der Waals surface area contributed by atoms with Gasteiger partial charge >= 0.3 is 0 Å². The molecule has 1 spiro atoms. The fourth-order valence-electron chi connectivity index (χ4n) is 7.85. The lowest BCUT2D eigenvalue weighted by Crippen LogP contribution is -2.59. The molecule has 3 unspecified atom stereocenters. The maximum Gasteiger partial charge on any atom is 0.247 e. The highest BCUT2D eigenvalue weighted by molar-refractivity contribution is 5.93. The van der Waals surface area contributed by atoms with Crippen molar-refractivity contribution in [3.8, 4) is 0 Å². The van der Waals surface area contributed by atoms with Crippen LogP contribution in [0.1, 0.15) is 55.6 Å². The third-order valence-corrected chi connectivity index (χ3v) is 10.1. The number of anilines is 1. The Morgan fingerprint density at radius 2 is 1.49 bits per heavy atom. The number of hydrogen-bond acceptors (Lipinski definition) is 4. The van der Waals surface area contributed by atoms with Gasteiger partial charge in [-0.05, 0) is 93.6 Å². The van der Waals surface area contributed by atoms with Crippen LogP contribution in [-0.4, -0.2) is 67.2 Å². The van der Waals surface area contributed by atoms with Crippen molar-refractivity contribution in [2.45, 2.75) is 62.4 Å². The van der Waals surface area contributed by atoms with Gasteiger partial charge in [-0.2, -0.15) is 0 Å². The summed E-state index contributed by atoms with van der Waals surface area (Å²) in [7, 11) is 2.32. The van der Waals surface area contributed by atoms with Crippen LogP contribution in [0.25, 0.3) is 0 Å². The third-order valence-electron chi connectivity index (χ3n) is 10.1. The molecular formula is C36H48Cl2N4O. The Hall–Kier alpha value is -2.57. The van der Waals surface area contributed by atoms with Gasteiger partial charge in [-0.25, -0.2) is 0 Å². The first kappa shape index (κ1) is 33.3. The van der Waals surface area contributed by atoms with Crippen LogP contribution in [0.5, 0.6) is 0 Å². The number of benzene rings is 3. The van der Waals surface area contributed by atoms with E-state index in [4.69, 9.17) is 0 Å². The number of likely N-dealkylation sites (tertiary alicyclic amines) is 1. The molecule has 43 heavy (non-hydrogen) atoms. The van der Waals surface area contributed by atoms with Crippen molar-refractivity contribution in [2.75, 3.05) is 44.8 Å². The summed E-state index contributed by atoms with van der Waals surface area (Å²) in [5, 5.41) is 3.18. The van der Waals surface area contributed by atoms with Gasteiger partial charge in [-0.1, -0.05) is 78.9 Å². The number of hydrogen-bond donors (Lipinski definition) is 1. The highest BCUT2D eigenvalue weighted by Crippen LogP contribution is 2.42. The number of nitrogens with zero attached hydrogens (tertiary/aromatic N) is 3. The molecule has 5 nitrogen and oxygen atoms in total. The van der Waals surface area contributed by atoms with E-state index in [0.29, 0.717) is 24.5 Å². The van der Waals surface area contributed by atoms with Crippen molar-refractivity contribution in [1.82, 2.24) is 15.1 Å². The molecule has 3 atom stereocenters. The minimum Gasteiger partial charge on any atom is -0.339 e. The SMILES string of the molecule is CN(CCCc1ccccc1)CC1CCC(c2ccccc2)CC1N1CCC2(CC1)C(=O)NCN2c1ccccc1.Cl.Cl. The summed E-state index contributed by atoms with van der Waals surface area (Å²) in [6.07, 6.45) is 7.87. The Kier molecular flexibility index (Phi) is 12.0. The molecule has 3 aromatic carbocycles. The zero-order valence-electron chi connectivity index (χ0n) is 25.4. The van der Waals surface area contributed by atoms with Crippen molar-refractivity contribution in [3.63, 3.8) is 0 Å². The van der Waals surface area contributed by atoms with Crippen LogP contribution in [0.4, 0.5) is 5.69 Å². The van der Waals surface area contributed by atoms with Gasteiger partial charge in [0.1, 0.15) is 5.54 Å². The zero-order valence-corrected chi connectivity index (χ0v) is 27.1. The molecule has 0 radical (unpaired) electrons. The molecular weight excluding hydrogens is 575 g/mol. The van der Waals surface area contributed by atoms with Crippen LogP contribution in [0, 0.1) is 5.92 Å². The highest BCUT2D eigenvalue weighted by Gasteiger charge is 2.51. The van der Waals surface area contributed by atoms with Crippen LogP contribution in [0.3, 0.4) is 0 Å². The van der Waals surface area contributed by atoms with Crippen molar-refractivity contribution >= 4 is 36.4 Å². The minimum atomic E-state index is -0.422. The Labute approximate surface area is 270 Å². The molecule has 1 N–H and O–H groups in total. The van der Waals surface area contributed by atoms with Gasteiger partial charge in [0.05, 0.1) is 6.67 Å². The molecule has 3 fully saturated rings. The Morgan fingerprint density at radius 1 is 0.860 bits per heavy atom. The summed E-state index contributed by atoms with van der Waals surface area (Å²) in [6.45, 7) is 4.86. The van der Waals surface area contributed by atoms with Gasteiger partial charge in [-0.15, -0.1) is 24.8 Å². The van der Waals surface area contributed by atoms with Crippen LogP contribution in [-0.2, 0) is 11.2 Å². The number of piperidine rings is 1. The molecule has 2 heterocycles. The predicted octanol–water partition coefficient (Wildman–Crippen LogP) is 6.78. The Morgan fingerprint density at radius 3 is 2.16 bits per heavy atom. The van der Waals surface area contributed by atoms with Gasteiger partial charge in [0.25, 0.3) is 0 Å². The van der Waals surface area contributed by atoms with E-state index < -0.39 is 5.54 Å². The molecule has 2 saturated heterocycles. The topological polar surface area (TPSA) is 38.8 Å². The van der Waals surface area contributed by atoms with E-state index in [2.05, 4.69) is 118 Å². The van der Waals surface area contributed by atoms with Gasteiger partial charge in [0, 0.05) is 31.4 Å². The standard InChI is InChI=1S/C36H46N4O.2ClH/c1-38(23-11-14-29-12-5-2-6-13-29)27-32-20-19-31(30-15-7-3-8-16-30)26-34(32)39-24-21-36(22-25-39)35(41)37-28-40(36)33-17-9-4-10-18-33;;/h2-10,12-13,15-18,31-32,34H,11,14,19-28H2,1H3,(H,37,41);2*1H. The fourth-order valence-corrected chi connectivity index (χ4v) is 7.85. The molecule has 1 aliphatic carbocycles. The average Bonchev–Trinajstić information content (AvgIpc) is 3.34. The molecule has 2 aliphatic heterocycles. The maximum absolute atomic E-state index is 13.3. The molecule has 3 aromatic rings. The number of carbonyl (C=O) groups excluding carboxylic acids is 1. The molecule has 0 aromatic heterocycles. The van der Waals surface area contributed by atoms with Gasteiger partial charge in [-0.3, -0.25) is 9.69 Å². The van der Waals surface area contributed by atoms with Crippen molar-refractivity contribution in [2.24, 2.45) is 5.92 Å².